The van der Waals surface area contributed by atoms with Crippen molar-refractivity contribution >= 4 is 38.9 Å². The maximum absolute atomic E-state index is 6.79. The number of nitrogens with zero attached hydrogens (tertiary/aromatic N) is 4. The van der Waals surface area contributed by atoms with Gasteiger partial charge < -0.3 is 14.5 Å². The molecule has 0 spiro atoms. The molecular weight excluding hydrogens is 564 g/mol. The summed E-state index contributed by atoms with van der Waals surface area (Å²) in [6.45, 7) is 7.55. The first-order valence-corrected chi connectivity index (χ1v) is 15.9. The van der Waals surface area contributed by atoms with Gasteiger partial charge in [-0.1, -0.05) is 75.4 Å². The molecule has 9 rings (SSSR count). The van der Waals surface area contributed by atoms with Crippen molar-refractivity contribution in [3.63, 3.8) is 0 Å². The first-order valence-electron chi connectivity index (χ1n) is 15.9. The molecule has 4 heterocycles. The van der Waals surface area contributed by atoms with Crippen molar-refractivity contribution in [3.05, 3.63) is 127 Å². The van der Waals surface area contributed by atoms with E-state index in [4.69, 9.17) is 9.72 Å². The van der Waals surface area contributed by atoms with Crippen LogP contribution in [0.2, 0.25) is 0 Å². The molecule has 224 valence electrons. The molecule has 0 bridgehead atoms. The van der Waals surface area contributed by atoms with Crippen molar-refractivity contribution in [2.45, 2.75) is 26.2 Å². The van der Waals surface area contributed by atoms with Gasteiger partial charge in [0.15, 0.2) is 0 Å². The fraction of sp³-hybridized carbons (Fsp3) is 0.146. The summed E-state index contributed by atoms with van der Waals surface area (Å²) in [5, 5.41) is 2.39. The molecule has 0 saturated heterocycles. The van der Waals surface area contributed by atoms with E-state index in [9.17, 15) is 0 Å². The number of rotatable bonds is 3. The normalized spacial score (nSPS) is 13.5. The zero-order valence-electron chi connectivity index (χ0n) is 26.5. The molecule has 0 N–H and O–H groups in total. The zero-order valence-corrected chi connectivity index (χ0v) is 26.5. The molecule has 0 saturated carbocycles. The molecule has 5 heteroatoms. The first-order chi connectivity index (χ1) is 22.3. The highest BCUT2D eigenvalue weighted by atomic mass is 16.5. The predicted octanol–water partition coefficient (Wildman–Crippen LogP) is 10.5. The van der Waals surface area contributed by atoms with E-state index in [1.807, 2.05) is 12.3 Å². The van der Waals surface area contributed by atoms with Crippen LogP contribution in [-0.2, 0) is 5.41 Å². The molecule has 5 aromatic carbocycles. The summed E-state index contributed by atoms with van der Waals surface area (Å²) < 4.78 is 9.12. The lowest BCUT2D eigenvalue weighted by atomic mass is 9.86. The second-order valence-corrected chi connectivity index (χ2v) is 13.5. The Balaban J connectivity index is 1.21. The van der Waals surface area contributed by atoms with Gasteiger partial charge in [-0.2, -0.15) is 0 Å². The SMILES string of the molecule is CN1CN(c2cc(Oc3ccc4c5cccc6c5n(c4c3)-c3ncccc3-c3ccccc3-6)cc(C(C)(C)C)c2)c2ccccc21. The predicted molar refractivity (Wildman–Crippen MR) is 190 cm³/mol. The molecule has 0 radical (unpaired) electrons. The minimum atomic E-state index is -0.0499. The van der Waals surface area contributed by atoms with Crippen molar-refractivity contribution in [1.82, 2.24) is 9.55 Å². The third kappa shape index (κ3) is 3.98. The molecule has 5 nitrogen and oxygen atoms in total. The highest BCUT2D eigenvalue weighted by Gasteiger charge is 2.27. The lowest BCUT2D eigenvalue weighted by Gasteiger charge is -2.25. The summed E-state index contributed by atoms with van der Waals surface area (Å²) in [6.07, 6.45) is 1.89. The summed E-state index contributed by atoms with van der Waals surface area (Å²) in [5.41, 5.74) is 11.8. The summed E-state index contributed by atoms with van der Waals surface area (Å²) in [5.74, 6) is 2.56. The van der Waals surface area contributed by atoms with E-state index in [-0.39, 0.29) is 5.41 Å². The molecule has 0 amide bonds. The van der Waals surface area contributed by atoms with Crippen LogP contribution < -0.4 is 14.5 Å². The average molecular weight is 599 g/mol. The lowest BCUT2D eigenvalue weighted by Crippen LogP contribution is -2.24. The Bertz CT molecular complexity index is 2340. The smallest absolute Gasteiger partial charge is 0.145 e. The van der Waals surface area contributed by atoms with Crippen molar-refractivity contribution in [2.75, 3.05) is 23.5 Å². The number of anilines is 3. The van der Waals surface area contributed by atoms with Crippen LogP contribution in [0.4, 0.5) is 17.1 Å². The number of hydrogen-bond acceptors (Lipinski definition) is 4. The minimum Gasteiger partial charge on any atom is -0.457 e. The van der Waals surface area contributed by atoms with E-state index in [1.54, 1.807) is 0 Å². The lowest BCUT2D eigenvalue weighted by molar-refractivity contribution is 0.479. The van der Waals surface area contributed by atoms with Gasteiger partial charge in [-0.15, -0.1) is 0 Å². The third-order valence-electron chi connectivity index (χ3n) is 9.51. The number of ether oxygens (including phenoxy) is 1. The maximum Gasteiger partial charge on any atom is 0.145 e. The van der Waals surface area contributed by atoms with Crippen LogP contribution in [-0.4, -0.2) is 23.3 Å². The second kappa shape index (κ2) is 9.72. The Hall–Kier alpha value is -5.55. The van der Waals surface area contributed by atoms with Gasteiger partial charge in [-0.25, -0.2) is 4.98 Å². The molecule has 2 aliphatic rings. The molecule has 0 fully saturated rings. The van der Waals surface area contributed by atoms with E-state index in [2.05, 4.69) is 151 Å². The highest BCUT2D eigenvalue weighted by Crippen LogP contribution is 2.47. The number of pyridine rings is 1. The van der Waals surface area contributed by atoms with Gasteiger partial charge in [0.05, 0.1) is 29.1 Å². The fourth-order valence-corrected chi connectivity index (χ4v) is 7.25. The van der Waals surface area contributed by atoms with Crippen LogP contribution in [0.15, 0.2) is 121 Å². The molecule has 2 aliphatic heterocycles. The topological polar surface area (TPSA) is 33.5 Å². The number of para-hydroxylation sites is 3. The average Bonchev–Trinajstić information content (AvgIpc) is 3.54. The van der Waals surface area contributed by atoms with Gasteiger partial charge in [-0.05, 0) is 70.6 Å². The summed E-state index contributed by atoms with van der Waals surface area (Å²) >= 11 is 0. The molecule has 46 heavy (non-hydrogen) atoms. The quantitative estimate of drug-likeness (QED) is 0.203. The highest BCUT2D eigenvalue weighted by molar-refractivity contribution is 6.16. The van der Waals surface area contributed by atoms with E-state index in [0.717, 1.165) is 40.8 Å². The van der Waals surface area contributed by atoms with Crippen LogP contribution in [0, 0.1) is 0 Å². The standard InChI is InChI=1S/C41H34N4O/c1-41(2,3)26-21-27(44-25-43(4)36-16-7-8-17-37(36)44)23-29(22-26)46-28-18-19-32-34-14-9-13-33-30-11-5-6-12-31(30)35-15-10-20-42-40(35)45(39(33)34)38(32)24-28/h5-24H,25H2,1-4H3. The Labute approximate surface area is 268 Å². The van der Waals surface area contributed by atoms with Gasteiger partial charge >= 0.3 is 0 Å². The Morgan fingerprint density at radius 1 is 0.652 bits per heavy atom. The van der Waals surface area contributed by atoms with Gasteiger partial charge in [0.25, 0.3) is 0 Å². The Kier molecular flexibility index (Phi) is 5.67. The monoisotopic (exact) mass is 598 g/mol. The summed E-state index contributed by atoms with van der Waals surface area (Å²) in [7, 11) is 2.15. The summed E-state index contributed by atoms with van der Waals surface area (Å²) in [6, 6.07) is 41.2. The van der Waals surface area contributed by atoms with Crippen LogP contribution in [0.25, 0.3) is 49.9 Å². The zero-order chi connectivity index (χ0) is 31.2. The number of aromatic nitrogens is 2. The van der Waals surface area contributed by atoms with E-state index in [1.165, 1.54) is 49.9 Å². The van der Waals surface area contributed by atoms with Gasteiger partial charge in [0.1, 0.15) is 17.3 Å². The fourth-order valence-electron chi connectivity index (χ4n) is 7.25. The van der Waals surface area contributed by atoms with E-state index in [0.29, 0.717) is 0 Å². The van der Waals surface area contributed by atoms with Crippen molar-refractivity contribution in [3.8, 4) is 39.6 Å². The molecule has 0 atom stereocenters. The molecule has 2 aromatic heterocycles. The minimum absolute atomic E-state index is 0.0499. The Morgan fingerprint density at radius 2 is 1.39 bits per heavy atom. The van der Waals surface area contributed by atoms with E-state index < -0.39 is 0 Å². The molecule has 7 aromatic rings. The van der Waals surface area contributed by atoms with Gasteiger partial charge in [0.2, 0.25) is 0 Å². The van der Waals surface area contributed by atoms with Crippen LogP contribution in [0.5, 0.6) is 11.5 Å². The molecule has 0 aliphatic carbocycles. The Morgan fingerprint density at radius 3 is 2.22 bits per heavy atom. The summed E-state index contributed by atoms with van der Waals surface area (Å²) in [4.78, 5) is 9.63. The van der Waals surface area contributed by atoms with E-state index >= 15 is 0 Å². The largest absolute Gasteiger partial charge is 0.457 e. The van der Waals surface area contributed by atoms with Gasteiger partial charge in [0, 0.05) is 53.0 Å². The van der Waals surface area contributed by atoms with Crippen LogP contribution in [0.3, 0.4) is 0 Å². The van der Waals surface area contributed by atoms with Crippen molar-refractivity contribution in [2.24, 2.45) is 0 Å². The van der Waals surface area contributed by atoms with Crippen molar-refractivity contribution in [1.29, 1.82) is 0 Å². The van der Waals surface area contributed by atoms with Crippen LogP contribution >= 0.6 is 0 Å². The number of benzene rings is 5. The molecule has 0 unspecified atom stereocenters. The van der Waals surface area contributed by atoms with Crippen LogP contribution in [0.1, 0.15) is 26.3 Å². The maximum atomic E-state index is 6.79. The third-order valence-corrected chi connectivity index (χ3v) is 9.51. The number of fused-ring (bicyclic) bond motifs is 9. The van der Waals surface area contributed by atoms with Crippen molar-refractivity contribution < 1.29 is 4.74 Å². The second-order valence-electron chi connectivity index (χ2n) is 13.5. The van der Waals surface area contributed by atoms with Gasteiger partial charge in [-0.3, -0.25) is 4.57 Å². The first kappa shape index (κ1) is 26.8. The molecular formula is C41H34N4O. The number of hydrogen-bond donors (Lipinski definition) is 0.